The lowest BCUT2D eigenvalue weighted by atomic mass is 10.1. The highest BCUT2D eigenvalue weighted by Gasteiger charge is 2.13. The number of hydrogen-bond donors (Lipinski definition) is 1. The van der Waals surface area contributed by atoms with Crippen molar-refractivity contribution in [1.29, 1.82) is 0 Å². The molecule has 1 N–H and O–H groups in total. The Balaban J connectivity index is 2.88. The van der Waals surface area contributed by atoms with Crippen molar-refractivity contribution in [2.75, 3.05) is 20.3 Å². The van der Waals surface area contributed by atoms with E-state index < -0.39 is 0 Å². The molecule has 2 unspecified atom stereocenters. The van der Waals surface area contributed by atoms with E-state index in [9.17, 15) is 0 Å². The minimum Gasteiger partial charge on any atom is -0.488 e. The molecule has 0 spiro atoms. The van der Waals surface area contributed by atoms with Crippen LogP contribution in [0.3, 0.4) is 0 Å². The van der Waals surface area contributed by atoms with Gasteiger partial charge in [-0.05, 0) is 38.6 Å². The van der Waals surface area contributed by atoms with Crippen LogP contribution in [0.1, 0.15) is 32.4 Å². The van der Waals surface area contributed by atoms with Gasteiger partial charge in [-0.25, -0.2) is 0 Å². The van der Waals surface area contributed by atoms with Gasteiger partial charge >= 0.3 is 0 Å². The van der Waals surface area contributed by atoms with Crippen molar-refractivity contribution in [3.05, 3.63) is 28.8 Å². The second kappa shape index (κ2) is 7.62. The highest BCUT2D eigenvalue weighted by molar-refractivity contribution is 6.30. The molecule has 1 aromatic carbocycles. The first kappa shape index (κ1) is 15.3. The molecule has 4 heteroatoms. The molecule has 3 nitrogen and oxygen atoms in total. The third-order valence-electron chi connectivity index (χ3n) is 2.68. The first-order valence-corrected chi connectivity index (χ1v) is 6.64. The maximum atomic E-state index is 6.05. The summed E-state index contributed by atoms with van der Waals surface area (Å²) in [5.74, 6) is 0.859. The van der Waals surface area contributed by atoms with Gasteiger partial charge < -0.3 is 14.8 Å². The summed E-state index contributed by atoms with van der Waals surface area (Å²) in [5, 5.41) is 4.09. The average molecular weight is 272 g/mol. The van der Waals surface area contributed by atoms with E-state index in [1.165, 1.54) is 0 Å². The predicted molar refractivity (Wildman–Crippen MR) is 75.5 cm³/mol. The van der Waals surface area contributed by atoms with E-state index in [0.717, 1.165) is 22.9 Å². The van der Waals surface area contributed by atoms with E-state index in [1.54, 1.807) is 7.11 Å². The standard InChI is InChI=1S/C14H22ClNO2/c1-5-16-11(3)13-8-12(15)6-7-14(13)18-10(2)9-17-4/h6-8,10-11,16H,5,9H2,1-4H3. The van der Waals surface area contributed by atoms with Crippen LogP contribution in [0.2, 0.25) is 5.02 Å². The minimum atomic E-state index is 0.0174. The Morgan fingerprint density at radius 3 is 2.67 bits per heavy atom. The number of hydrogen-bond acceptors (Lipinski definition) is 3. The molecule has 18 heavy (non-hydrogen) atoms. The summed E-state index contributed by atoms with van der Waals surface area (Å²) in [5.41, 5.74) is 1.08. The molecule has 0 saturated carbocycles. The van der Waals surface area contributed by atoms with Crippen LogP contribution < -0.4 is 10.1 Å². The van der Waals surface area contributed by atoms with Crippen LogP contribution in [0.25, 0.3) is 0 Å². The lowest BCUT2D eigenvalue weighted by molar-refractivity contribution is 0.0910. The molecular formula is C14H22ClNO2. The van der Waals surface area contributed by atoms with Crippen LogP contribution in [0.15, 0.2) is 18.2 Å². The number of ether oxygens (including phenoxy) is 2. The van der Waals surface area contributed by atoms with Gasteiger partial charge in [0.05, 0.1) is 6.61 Å². The molecule has 0 amide bonds. The molecule has 102 valence electrons. The molecular weight excluding hydrogens is 250 g/mol. The third kappa shape index (κ3) is 4.48. The Morgan fingerprint density at radius 2 is 2.06 bits per heavy atom. The Hall–Kier alpha value is -0.770. The first-order valence-electron chi connectivity index (χ1n) is 6.26. The molecule has 0 aliphatic carbocycles. The average Bonchev–Trinajstić information content (AvgIpc) is 2.32. The van der Waals surface area contributed by atoms with Crippen LogP contribution in [-0.4, -0.2) is 26.4 Å². The van der Waals surface area contributed by atoms with Gasteiger partial charge in [-0.1, -0.05) is 18.5 Å². The first-order chi connectivity index (χ1) is 8.58. The van der Waals surface area contributed by atoms with E-state index in [4.69, 9.17) is 21.1 Å². The van der Waals surface area contributed by atoms with Crippen molar-refractivity contribution in [2.45, 2.75) is 32.9 Å². The van der Waals surface area contributed by atoms with Crippen molar-refractivity contribution in [3.63, 3.8) is 0 Å². The fraction of sp³-hybridized carbons (Fsp3) is 0.571. The summed E-state index contributed by atoms with van der Waals surface area (Å²) < 4.78 is 11.0. The molecule has 2 atom stereocenters. The normalized spacial score (nSPS) is 14.3. The zero-order valence-corrected chi connectivity index (χ0v) is 12.3. The predicted octanol–water partition coefficient (Wildman–Crippen LogP) is 3.42. The van der Waals surface area contributed by atoms with Crippen molar-refractivity contribution < 1.29 is 9.47 Å². The number of halogens is 1. The lowest BCUT2D eigenvalue weighted by Crippen LogP contribution is -2.22. The van der Waals surface area contributed by atoms with E-state index in [0.29, 0.717) is 6.61 Å². The Bertz CT molecular complexity index is 371. The Kier molecular flexibility index (Phi) is 6.47. The monoisotopic (exact) mass is 271 g/mol. The molecule has 0 fully saturated rings. The maximum Gasteiger partial charge on any atom is 0.124 e. The van der Waals surface area contributed by atoms with Gasteiger partial charge in [0, 0.05) is 23.7 Å². The van der Waals surface area contributed by atoms with E-state index in [2.05, 4.69) is 19.2 Å². The van der Waals surface area contributed by atoms with E-state index in [1.807, 2.05) is 25.1 Å². The fourth-order valence-electron chi connectivity index (χ4n) is 1.87. The summed E-state index contributed by atoms with van der Waals surface area (Å²) in [6.07, 6.45) is 0.0174. The van der Waals surface area contributed by atoms with Crippen molar-refractivity contribution >= 4 is 11.6 Å². The van der Waals surface area contributed by atoms with Gasteiger partial charge in [-0.15, -0.1) is 0 Å². The quantitative estimate of drug-likeness (QED) is 0.824. The molecule has 1 rings (SSSR count). The highest BCUT2D eigenvalue weighted by atomic mass is 35.5. The highest BCUT2D eigenvalue weighted by Crippen LogP contribution is 2.29. The number of rotatable bonds is 7. The number of nitrogens with one attached hydrogen (secondary N) is 1. The zero-order chi connectivity index (χ0) is 13.5. The van der Waals surface area contributed by atoms with Crippen LogP contribution in [0.5, 0.6) is 5.75 Å². The molecule has 0 radical (unpaired) electrons. The number of benzene rings is 1. The summed E-state index contributed by atoms with van der Waals surface area (Å²) in [7, 11) is 1.67. The van der Waals surface area contributed by atoms with Crippen molar-refractivity contribution in [2.24, 2.45) is 0 Å². The topological polar surface area (TPSA) is 30.5 Å². The van der Waals surface area contributed by atoms with Crippen LogP contribution in [0.4, 0.5) is 0 Å². The van der Waals surface area contributed by atoms with E-state index >= 15 is 0 Å². The summed E-state index contributed by atoms with van der Waals surface area (Å²) >= 11 is 6.05. The van der Waals surface area contributed by atoms with Crippen molar-refractivity contribution in [3.8, 4) is 5.75 Å². The molecule has 1 aromatic rings. The van der Waals surface area contributed by atoms with Gasteiger partial charge in [-0.3, -0.25) is 0 Å². The summed E-state index contributed by atoms with van der Waals surface area (Å²) in [4.78, 5) is 0. The molecule has 0 aromatic heterocycles. The van der Waals surface area contributed by atoms with Crippen molar-refractivity contribution in [1.82, 2.24) is 5.32 Å². The minimum absolute atomic E-state index is 0.0174. The van der Waals surface area contributed by atoms with Gasteiger partial charge in [0.25, 0.3) is 0 Å². The molecule has 0 heterocycles. The molecule has 0 aliphatic heterocycles. The van der Waals surface area contributed by atoms with Gasteiger partial charge in [0.15, 0.2) is 0 Å². The number of methoxy groups -OCH3 is 1. The smallest absolute Gasteiger partial charge is 0.124 e. The van der Waals surface area contributed by atoms with Crippen LogP contribution >= 0.6 is 11.6 Å². The second-order valence-electron chi connectivity index (χ2n) is 4.35. The molecule has 0 saturated heterocycles. The van der Waals surface area contributed by atoms with Crippen LogP contribution in [-0.2, 0) is 4.74 Å². The van der Waals surface area contributed by atoms with Crippen LogP contribution in [0, 0.1) is 0 Å². The Morgan fingerprint density at radius 1 is 1.33 bits per heavy atom. The molecule has 0 bridgehead atoms. The lowest BCUT2D eigenvalue weighted by Gasteiger charge is -2.21. The summed E-state index contributed by atoms with van der Waals surface area (Å²) in [6, 6.07) is 5.92. The Labute approximate surface area is 114 Å². The van der Waals surface area contributed by atoms with Gasteiger partial charge in [0.1, 0.15) is 11.9 Å². The second-order valence-corrected chi connectivity index (χ2v) is 4.78. The maximum absolute atomic E-state index is 6.05. The fourth-order valence-corrected chi connectivity index (χ4v) is 2.05. The largest absolute Gasteiger partial charge is 0.488 e. The zero-order valence-electron chi connectivity index (χ0n) is 11.5. The van der Waals surface area contributed by atoms with Gasteiger partial charge in [0.2, 0.25) is 0 Å². The third-order valence-corrected chi connectivity index (χ3v) is 2.91. The van der Waals surface area contributed by atoms with Gasteiger partial charge in [-0.2, -0.15) is 0 Å². The SMILES string of the molecule is CCNC(C)c1cc(Cl)ccc1OC(C)COC. The molecule has 0 aliphatic rings. The summed E-state index contributed by atoms with van der Waals surface area (Å²) in [6.45, 7) is 7.64. The van der Waals surface area contributed by atoms with E-state index in [-0.39, 0.29) is 12.1 Å².